The van der Waals surface area contributed by atoms with Crippen molar-refractivity contribution in [2.45, 2.75) is 137 Å². The van der Waals surface area contributed by atoms with Gasteiger partial charge in [-0.2, -0.15) is 10.3 Å². The third-order valence-electron chi connectivity index (χ3n) is 18.5. The average molecular weight is 2240 g/mol. The number of thiocarbonyl (C=S) groups is 2. The van der Waals surface area contributed by atoms with Crippen molar-refractivity contribution >= 4 is 153 Å². The molecule has 0 aliphatic heterocycles. The van der Waals surface area contributed by atoms with Crippen molar-refractivity contribution in [1.82, 2.24) is 39.9 Å². The first-order valence-electron chi connectivity index (χ1n) is 42.8. The maximum Gasteiger partial charge on any atom is 2.00 e. The number of rotatable bonds is 33. The van der Waals surface area contributed by atoms with Crippen LogP contribution in [0.1, 0.15) is 157 Å². The minimum Gasteiger partial charge on any atom is -0.753 e. The second-order valence-electron chi connectivity index (χ2n) is 28.0. The number of hydrogen-bond donors (Lipinski definition) is 1. The van der Waals surface area contributed by atoms with E-state index < -0.39 is 11.9 Å². The van der Waals surface area contributed by atoms with E-state index in [1.165, 1.54) is 279 Å². The largest absolute Gasteiger partial charge is 2.00 e. The standard InChI is InChI=1S/C34H32N2S4.C30H36N2S2.C17H4.2C12H8N2O4.2CHNS.2CNS.Na.2Ru.3H2/c1-2-3-4-5-6-7-9-26-11-12-33(38-26)34-16-14-30(40-34)25-18-20-36-28(23-25)27-22-24(17-19-35-27)29-13-15-32(39-29)31-10-8-21-37-31;1-3-5-7-9-11-25-13-15-29(33-25)23-17-19-31-27(21-23)28-22-24(18-20-32-28)30-16-14-26(34-30)12-10-8-6-4-2;1-3-5-7-9-11-13-15-17-16-14-12-10-8-6-4-2;2*15-7-18-9-2-4-14-11(6-9)10-5-8(12(16)17)1-3-13-10;4*2-1-3;;;;;;/h8,10-23H,2-7,9H2,1H3;13-22H,3-12H2,1-2H3;1H,2H3;2*1-7H,(H,16,17);2*3H;;;;;;3*1H/q;;;;;;;2*-1;+1;2*+2;;;/p-3. The summed E-state index contributed by atoms with van der Waals surface area (Å²) >= 11 is 26.0. The van der Waals surface area contributed by atoms with E-state index in [0.29, 0.717) is 47.2 Å². The third kappa shape index (κ3) is 47.1. The van der Waals surface area contributed by atoms with Crippen LogP contribution >= 0.6 is 92.5 Å². The van der Waals surface area contributed by atoms with Gasteiger partial charge < -0.3 is 60.6 Å². The van der Waals surface area contributed by atoms with Crippen LogP contribution in [0, 0.1) is 117 Å². The van der Waals surface area contributed by atoms with Crippen LogP contribution < -0.4 is 44.1 Å². The van der Waals surface area contributed by atoms with Crippen molar-refractivity contribution < 1.29 is 112 Å². The van der Waals surface area contributed by atoms with E-state index >= 15 is 0 Å². The molecular weight excluding hydrogens is 2150 g/mol. The predicted octanol–water partition coefficient (Wildman–Crippen LogP) is 23.0. The summed E-state index contributed by atoms with van der Waals surface area (Å²) in [5, 5.41) is 55.6. The van der Waals surface area contributed by atoms with E-state index in [-0.39, 0.29) is 83.9 Å². The van der Waals surface area contributed by atoms with Crippen LogP contribution in [-0.4, -0.2) is 80.2 Å². The van der Waals surface area contributed by atoms with Gasteiger partial charge in [0.05, 0.1) is 57.1 Å². The molecule has 0 atom stereocenters. The number of thiophene rings is 6. The van der Waals surface area contributed by atoms with Gasteiger partial charge in [-0.05, 0) is 308 Å². The monoisotopic (exact) mass is 2240 g/mol. The summed E-state index contributed by atoms with van der Waals surface area (Å²) < 4.78 is 9.35. The molecule has 0 saturated heterocycles. The van der Waals surface area contributed by atoms with Gasteiger partial charge in [-0.3, -0.25) is 49.5 Å². The number of carboxylic acids is 2. The molecule has 0 saturated carbocycles. The van der Waals surface area contributed by atoms with Crippen molar-refractivity contribution in [1.29, 1.82) is 10.5 Å². The Morgan fingerprint density at radius 3 is 1.03 bits per heavy atom. The maximum absolute atomic E-state index is 10.8. The Morgan fingerprint density at radius 2 is 0.683 bits per heavy atom. The van der Waals surface area contributed by atoms with Gasteiger partial charge in [0.1, 0.15) is 11.5 Å². The number of aryl methyl sites for hydroxylation is 3. The molecule has 0 unspecified atom stereocenters. The van der Waals surface area contributed by atoms with Gasteiger partial charge in [0.2, 0.25) is 0 Å². The van der Waals surface area contributed by atoms with E-state index in [4.69, 9.17) is 32.9 Å². The average Bonchev–Trinajstić information content (AvgIpc) is 1.69. The van der Waals surface area contributed by atoms with Crippen molar-refractivity contribution in [3.63, 3.8) is 0 Å². The van der Waals surface area contributed by atoms with Gasteiger partial charge in [-0.15, -0.1) is 74.4 Å². The molecule has 33 heteroatoms. The summed E-state index contributed by atoms with van der Waals surface area (Å²) in [5.41, 5.74) is 10.2. The minimum atomic E-state index is -1.29. The van der Waals surface area contributed by atoms with Crippen LogP contribution in [0.5, 0.6) is 11.5 Å². The number of thiocyanates is 2. The molecule has 0 aliphatic carbocycles. The molecule has 0 bridgehead atoms. The number of unbranched alkanes of at least 4 members (excludes halogenated alkanes) is 11. The van der Waals surface area contributed by atoms with Crippen molar-refractivity contribution in [2.24, 2.45) is 0 Å². The Labute approximate surface area is 928 Å². The van der Waals surface area contributed by atoms with Crippen LogP contribution in [0.25, 0.3) is 118 Å². The smallest absolute Gasteiger partial charge is 0.753 e. The quantitative estimate of drug-likeness (QED) is 0.00583. The van der Waals surface area contributed by atoms with Crippen LogP contribution in [-0.2, 0) is 93.1 Å². The number of ether oxygens (including phenoxy) is 2. The third-order valence-corrected chi connectivity index (χ3v) is 25.6. The molecule has 14 heterocycles. The fourth-order valence-electron chi connectivity index (χ4n) is 12.3. The summed E-state index contributed by atoms with van der Waals surface area (Å²) in [5.74, 6) is 35.2. The number of nitriles is 2. The van der Waals surface area contributed by atoms with Gasteiger partial charge in [0.25, 0.3) is 12.9 Å². The summed E-state index contributed by atoms with van der Waals surface area (Å²) in [4.78, 5) is 91.7. The Morgan fingerprint density at radius 1 is 0.408 bits per heavy atom. The van der Waals surface area contributed by atoms with Gasteiger partial charge >= 0.3 is 74.5 Å². The SMILES string of the molecule is C#CC#CC#CC#CC#CC#CC#CC#CC.CCCCCCCCc1ccc(-c2ccc(-c3ccnc(-c4cc(-c5ccc(-c6cccs6)s5)ccn4)c3)s2)s1.CCCCCCc1ccc(-c2ccnc(-c3cc(-c4ccc(CCCCCC)s4)ccn3)c2)s1.N#C[S-].N#C[S-].O=COc1ccnc(-c2cc(C(=O)O)ccn2)c1.O=COc1ccnc(-c2cc(C(=O)[O-])ccn2)c1.[HH].[HH].[HH].[N-]=C=S.[N-]=C=S.[Na+].[Ru+2].[Ru+2]. The first-order chi connectivity index (χ1) is 68.0. The Kier molecular flexibility index (Phi) is 65.8. The number of carbonyl (C=O) groups excluding carboxylic acids is 3. The predicted molar refractivity (Wildman–Crippen MR) is 580 cm³/mol. The van der Waals surface area contributed by atoms with Crippen LogP contribution in [0.4, 0.5) is 0 Å². The zero-order chi connectivity index (χ0) is 100. The molecule has 0 amide bonds. The fourth-order valence-corrected chi connectivity index (χ4v) is 18.4. The van der Waals surface area contributed by atoms with E-state index in [0.717, 1.165) is 22.8 Å². The summed E-state index contributed by atoms with van der Waals surface area (Å²) in [6.45, 7) is 9.11. The number of aromatic nitrogens is 8. The van der Waals surface area contributed by atoms with Crippen LogP contribution in [0.2, 0.25) is 0 Å². The topological polar surface area (TPSA) is 325 Å². The van der Waals surface area contributed by atoms with Gasteiger partial charge in [0, 0.05) is 125 Å². The number of hydrogen-bond acceptors (Lipinski definition) is 27. The second-order valence-corrected chi connectivity index (χ2v) is 35.3. The number of carbonyl (C=O) groups is 4. The minimum absolute atomic E-state index is 0. The molecule has 714 valence electrons. The summed E-state index contributed by atoms with van der Waals surface area (Å²) in [7, 11) is 0. The molecule has 0 radical (unpaired) electrons. The number of carboxylic acid groups (broad SMARTS) is 2. The Hall–Kier alpha value is -13.0. The maximum atomic E-state index is 10.8. The van der Waals surface area contributed by atoms with E-state index in [1.807, 2.05) is 81.5 Å². The number of isothiocyanates is 2. The molecule has 0 aromatic carbocycles. The zero-order valence-corrected chi connectivity index (χ0v) is 91.2. The molecule has 0 spiro atoms. The van der Waals surface area contributed by atoms with Gasteiger partial charge in [0.15, 0.2) is 0 Å². The Bertz CT molecular complexity index is 6820. The number of terminal acetylenes is 1. The molecule has 142 heavy (non-hydrogen) atoms. The normalized spacial score (nSPS) is 9.02. The van der Waals surface area contributed by atoms with Gasteiger partial charge in [-0.25, -0.2) is 15.3 Å². The van der Waals surface area contributed by atoms with Crippen LogP contribution in [0.3, 0.4) is 0 Å². The molecular formula is C109H93N12NaO8Ru2S10. The summed E-state index contributed by atoms with van der Waals surface area (Å²) in [6.07, 6.45) is 40.3. The number of pyridine rings is 8. The first kappa shape index (κ1) is 123. The molecule has 14 aromatic rings. The first-order valence-corrected chi connectivity index (χ1v) is 49.4. The van der Waals surface area contributed by atoms with Crippen molar-refractivity contribution in [2.75, 3.05) is 0 Å². The van der Waals surface area contributed by atoms with Gasteiger partial charge in [-0.1, -0.05) is 139 Å². The summed E-state index contributed by atoms with van der Waals surface area (Å²) in [6, 6.07) is 55.5. The molecule has 20 nitrogen and oxygen atoms in total. The van der Waals surface area contributed by atoms with Crippen molar-refractivity contribution in [3.05, 3.63) is 261 Å². The van der Waals surface area contributed by atoms with E-state index in [1.54, 1.807) is 18.3 Å². The van der Waals surface area contributed by atoms with Crippen LogP contribution in [0.15, 0.2) is 225 Å². The zero-order valence-electron chi connectivity index (χ0n) is 77.6. The fraction of sp³-hybridized carbons (Fsp3) is 0.193. The number of nitrogens with zero attached hydrogens (tertiary/aromatic N) is 12. The van der Waals surface area contributed by atoms with Crippen molar-refractivity contribution in [3.8, 4) is 224 Å². The van der Waals surface area contributed by atoms with E-state index in [9.17, 15) is 24.3 Å². The molecule has 14 aromatic heterocycles. The Balaban J connectivity index is 0.00000179. The second kappa shape index (κ2) is 75.9. The molecule has 14 rings (SSSR count). The molecule has 0 fully saturated rings. The van der Waals surface area contributed by atoms with E-state index in [2.05, 4.69) is 335 Å². The molecule has 1 N–H and O–H groups in total. The number of aromatic carboxylic acids is 2. The molecule has 0 aliphatic rings.